The first-order valence-electron chi connectivity index (χ1n) is 8.87. The van der Waals surface area contributed by atoms with Crippen LogP contribution in [0.25, 0.3) is 5.76 Å². The van der Waals surface area contributed by atoms with Gasteiger partial charge in [0.25, 0.3) is 11.7 Å². The van der Waals surface area contributed by atoms with Crippen molar-refractivity contribution in [1.82, 2.24) is 4.90 Å². The molecule has 152 valence electrons. The highest BCUT2D eigenvalue weighted by Crippen LogP contribution is 2.40. The minimum Gasteiger partial charge on any atom is -0.507 e. The third-order valence-electron chi connectivity index (χ3n) is 4.69. The summed E-state index contributed by atoms with van der Waals surface area (Å²) in [6.07, 6.45) is 0.273. The Morgan fingerprint density at radius 3 is 2.62 bits per heavy atom. The molecule has 6 nitrogen and oxygen atoms in total. The summed E-state index contributed by atoms with van der Waals surface area (Å²) in [5.41, 5.74) is 0.533. The van der Waals surface area contributed by atoms with Crippen LogP contribution in [-0.4, -0.2) is 47.1 Å². The number of amides is 1. The van der Waals surface area contributed by atoms with Crippen molar-refractivity contribution in [3.63, 3.8) is 0 Å². The summed E-state index contributed by atoms with van der Waals surface area (Å²) in [5.74, 6) is -2.82. The van der Waals surface area contributed by atoms with Crippen LogP contribution in [0.15, 0.2) is 52.5 Å². The molecule has 1 aliphatic heterocycles. The second-order valence-electron chi connectivity index (χ2n) is 6.47. The summed E-state index contributed by atoms with van der Waals surface area (Å²) < 4.78 is 19.7. The number of hydrogen-bond donors (Lipinski definition) is 2. The lowest BCUT2D eigenvalue weighted by molar-refractivity contribution is -0.140. The maximum Gasteiger partial charge on any atom is 0.295 e. The molecule has 0 saturated carbocycles. The van der Waals surface area contributed by atoms with Crippen LogP contribution >= 0.6 is 15.9 Å². The lowest BCUT2D eigenvalue weighted by atomic mass is 9.95. The number of benzene rings is 2. The van der Waals surface area contributed by atoms with Crippen LogP contribution in [0.3, 0.4) is 0 Å². The average Bonchev–Trinajstić information content (AvgIpc) is 2.96. The molecule has 1 unspecified atom stereocenters. The van der Waals surface area contributed by atoms with E-state index in [0.29, 0.717) is 5.56 Å². The third-order valence-corrected chi connectivity index (χ3v) is 5.18. The second-order valence-corrected chi connectivity index (χ2v) is 7.39. The van der Waals surface area contributed by atoms with Crippen molar-refractivity contribution < 1.29 is 28.9 Å². The van der Waals surface area contributed by atoms with Crippen LogP contribution in [0, 0.1) is 5.82 Å². The van der Waals surface area contributed by atoms with E-state index in [1.54, 1.807) is 24.3 Å². The zero-order valence-electron chi connectivity index (χ0n) is 15.6. The van der Waals surface area contributed by atoms with Crippen molar-refractivity contribution in [2.75, 3.05) is 20.3 Å². The fourth-order valence-electron chi connectivity index (χ4n) is 3.34. The molecular weight excluding hydrogens is 445 g/mol. The zero-order valence-corrected chi connectivity index (χ0v) is 17.1. The normalized spacial score (nSPS) is 18.3. The Morgan fingerprint density at radius 1 is 1.24 bits per heavy atom. The predicted molar refractivity (Wildman–Crippen MR) is 108 cm³/mol. The molecule has 8 heteroatoms. The molecule has 2 aromatic carbocycles. The number of aliphatic hydroxyl groups excluding tert-OH is 2. The highest BCUT2D eigenvalue weighted by Gasteiger charge is 2.45. The van der Waals surface area contributed by atoms with Crippen molar-refractivity contribution in [3.8, 4) is 5.75 Å². The van der Waals surface area contributed by atoms with Crippen LogP contribution in [0.4, 0.5) is 4.39 Å². The highest BCUT2D eigenvalue weighted by atomic mass is 79.9. The van der Waals surface area contributed by atoms with Gasteiger partial charge in [0.1, 0.15) is 5.76 Å². The largest absolute Gasteiger partial charge is 0.507 e. The summed E-state index contributed by atoms with van der Waals surface area (Å²) in [5, 5.41) is 20.0. The van der Waals surface area contributed by atoms with Gasteiger partial charge in [0.05, 0.1) is 18.7 Å². The minimum atomic E-state index is -0.860. The maximum absolute atomic E-state index is 14.1. The van der Waals surface area contributed by atoms with E-state index < -0.39 is 29.3 Å². The van der Waals surface area contributed by atoms with E-state index in [-0.39, 0.29) is 36.5 Å². The topological polar surface area (TPSA) is 87.1 Å². The molecule has 0 bridgehead atoms. The van der Waals surface area contributed by atoms with E-state index in [4.69, 9.17) is 9.84 Å². The van der Waals surface area contributed by atoms with Gasteiger partial charge in [-0.05, 0) is 42.3 Å². The van der Waals surface area contributed by atoms with E-state index in [0.717, 1.165) is 10.5 Å². The van der Waals surface area contributed by atoms with Gasteiger partial charge in [0.2, 0.25) is 0 Å². The molecular formula is C21H19BrFNO5. The Labute approximate surface area is 175 Å². The third kappa shape index (κ3) is 4.04. The van der Waals surface area contributed by atoms with Crippen LogP contribution in [0.1, 0.15) is 23.6 Å². The number of nitrogens with zero attached hydrogens (tertiary/aromatic N) is 1. The maximum atomic E-state index is 14.1. The summed E-state index contributed by atoms with van der Waals surface area (Å²) in [7, 11) is 1.32. The fourth-order valence-corrected chi connectivity index (χ4v) is 3.76. The quantitative estimate of drug-likeness (QED) is 0.389. The second kappa shape index (κ2) is 8.75. The molecule has 2 N–H and O–H groups in total. The van der Waals surface area contributed by atoms with Crippen LogP contribution in [0.5, 0.6) is 5.75 Å². The Hall–Kier alpha value is -2.71. The predicted octanol–water partition coefficient (Wildman–Crippen LogP) is 3.40. The molecule has 0 aliphatic carbocycles. The molecule has 0 radical (unpaired) electrons. The molecule has 1 atom stereocenters. The van der Waals surface area contributed by atoms with E-state index in [9.17, 15) is 19.1 Å². The van der Waals surface area contributed by atoms with E-state index in [2.05, 4.69) is 15.9 Å². The van der Waals surface area contributed by atoms with E-state index in [1.807, 2.05) is 0 Å². The van der Waals surface area contributed by atoms with Gasteiger partial charge in [-0.15, -0.1) is 0 Å². The number of hydrogen-bond acceptors (Lipinski definition) is 5. The van der Waals surface area contributed by atoms with Crippen molar-refractivity contribution in [1.29, 1.82) is 0 Å². The van der Waals surface area contributed by atoms with E-state index >= 15 is 0 Å². The summed E-state index contributed by atoms with van der Waals surface area (Å²) in [6.45, 7) is -0.0239. The number of halogens is 2. The van der Waals surface area contributed by atoms with Crippen LogP contribution < -0.4 is 4.74 Å². The number of carbonyl (C=O) groups is 2. The zero-order chi connectivity index (χ0) is 21.1. The average molecular weight is 464 g/mol. The molecule has 29 heavy (non-hydrogen) atoms. The number of likely N-dealkylation sites (tertiary alicyclic amines) is 1. The number of ether oxygens (including phenoxy) is 1. The lowest BCUT2D eigenvalue weighted by Gasteiger charge is -2.25. The van der Waals surface area contributed by atoms with Crippen LogP contribution in [0.2, 0.25) is 0 Å². The number of Topliss-reactive ketones (excluding diaryl/α,β-unsaturated/α-hetero) is 1. The van der Waals surface area contributed by atoms with Gasteiger partial charge in [-0.25, -0.2) is 4.39 Å². The number of aliphatic hydroxyl groups is 2. The smallest absolute Gasteiger partial charge is 0.295 e. The van der Waals surface area contributed by atoms with Crippen molar-refractivity contribution >= 4 is 33.4 Å². The number of methoxy groups -OCH3 is 1. The Balaban J connectivity index is 2.17. The first-order valence-corrected chi connectivity index (χ1v) is 9.67. The van der Waals surface area contributed by atoms with Gasteiger partial charge >= 0.3 is 0 Å². The van der Waals surface area contributed by atoms with Gasteiger partial charge in [-0.1, -0.05) is 28.1 Å². The van der Waals surface area contributed by atoms with Gasteiger partial charge < -0.3 is 19.8 Å². The molecule has 1 fully saturated rings. The minimum absolute atomic E-state index is 0.00603. The van der Waals surface area contributed by atoms with Gasteiger partial charge in [-0.3, -0.25) is 9.59 Å². The number of ketones is 1. The van der Waals surface area contributed by atoms with Crippen molar-refractivity contribution in [2.45, 2.75) is 12.5 Å². The molecule has 1 aliphatic rings. The monoisotopic (exact) mass is 463 g/mol. The van der Waals surface area contributed by atoms with Crippen LogP contribution in [-0.2, 0) is 9.59 Å². The summed E-state index contributed by atoms with van der Waals surface area (Å²) in [6, 6.07) is 9.95. The summed E-state index contributed by atoms with van der Waals surface area (Å²) in [4.78, 5) is 26.7. The fraction of sp³-hybridized carbons (Fsp3) is 0.238. The SMILES string of the molecule is COc1ccc(/C(O)=C2\C(=O)C(=O)N(CCCO)C2c2cccc(Br)c2)cc1F. The molecule has 1 saturated heterocycles. The Kier molecular flexibility index (Phi) is 6.34. The van der Waals surface area contributed by atoms with E-state index in [1.165, 1.54) is 24.1 Å². The molecule has 2 aromatic rings. The standard InChI is InChI=1S/C21H19BrFNO5/c1-29-16-7-6-13(11-15(16)23)19(26)17-18(12-4-2-5-14(22)10-12)24(8-3-9-25)21(28)20(17)27/h2,4-7,10-11,18,25-26H,3,8-9H2,1H3/b19-17+. The Morgan fingerprint density at radius 2 is 2.00 bits per heavy atom. The first-order chi connectivity index (χ1) is 13.9. The first kappa shape index (κ1) is 21.0. The van der Waals surface area contributed by atoms with Gasteiger partial charge in [0, 0.05) is 23.2 Å². The van der Waals surface area contributed by atoms with Crippen molar-refractivity contribution in [3.05, 3.63) is 69.5 Å². The Bertz CT molecular complexity index is 991. The van der Waals surface area contributed by atoms with Crippen molar-refractivity contribution in [2.24, 2.45) is 0 Å². The van der Waals surface area contributed by atoms with Gasteiger partial charge in [-0.2, -0.15) is 0 Å². The molecule has 3 rings (SSSR count). The summed E-state index contributed by atoms with van der Waals surface area (Å²) >= 11 is 3.37. The number of rotatable bonds is 6. The van der Waals surface area contributed by atoms with Gasteiger partial charge in [0.15, 0.2) is 11.6 Å². The molecule has 0 aromatic heterocycles. The lowest BCUT2D eigenvalue weighted by Crippen LogP contribution is -2.31. The molecule has 1 amide bonds. The molecule has 0 spiro atoms. The molecule has 1 heterocycles. The number of carbonyl (C=O) groups excluding carboxylic acids is 2. The highest BCUT2D eigenvalue weighted by molar-refractivity contribution is 9.10.